The van der Waals surface area contributed by atoms with E-state index < -0.39 is 6.09 Å². The van der Waals surface area contributed by atoms with Gasteiger partial charge in [-0.05, 0) is 56.7 Å². The van der Waals surface area contributed by atoms with Crippen LogP contribution in [0, 0.1) is 15.5 Å². The van der Waals surface area contributed by atoms with Crippen molar-refractivity contribution in [2.45, 2.75) is 77.9 Å². The molecule has 0 saturated carbocycles. The van der Waals surface area contributed by atoms with Crippen LogP contribution in [-0.2, 0) is 6.54 Å². The molecule has 1 unspecified atom stereocenters. The largest absolute Gasteiger partial charge is 0.465 e. The highest BCUT2D eigenvalue weighted by molar-refractivity contribution is 5.96. The van der Waals surface area contributed by atoms with Crippen LogP contribution < -0.4 is 5.32 Å². The van der Waals surface area contributed by atoms with Crippen LogP contribution in [-0.4, -0.2) is 74.0 Å². The molecule has 1 aromatic carbocycles. The second-order valence-corrected chi connectivity index (χ2v) is 11.0. The number of amides is 1. The van der Waals surface area contributed by atoms with Gasteiger partial charge in [0.1, 0.15) is 5.69 Å². The summed E-state index contributed by atoms with van der Waals surface area (Å²) in [4.78, 5) is 27.7. The number of piperidine rings is 1. The van der Waals surface area contributed by atoms with Gasteiger partial charge in [-0.15, -0.1) is 0 Å². The number of likely N-dealkylation sites (tertiary alicyclic amines) is 2. The number of nitrogens with one attached hydrogen (secondary N) is 1. The van der Waals surface area contributed by atoms with Gasteiger partial charge in [-0.25, -0.2) is 4.79 Å². The van der Waals surface area contributed by atoms with Crippen LogP contribution in [0.5, 0.6) is 0 Å². The summed E-state index contributed by atoms with van der Waals surface area (Å²) in [5, 5.41) is 30.7. The first-order valence-electron chi connectivity index (χ1n) is 12.8. The number of anilines is 1. The third kappa shape index (κ3) is 5.52. The molecule has 0 radical (unpaired) electrons. The molecule has 2 fully saturated rings. The number of nitrogens with zero attached hydrogens (tertiary/aromatic N) is 5. The minimum absolute atomic E-state index is 0.00754. The molecule has 1 amide bonds. The molecular weight excluding hydrogens is 448 g/mol. The SMILES string of the molecule is CC(C)(C)[C@@H]1C(Nc2c([N+](=O)[O-])ccc3c2cnn3CCN2CCCCC2)CCCCN1C(=O)O. The molecule has 2 atom stereocenters. The van der Waals surface area contributed by atoms with Crippen molar-refractivity contribution in [2.75, 3.05) is 31.5 Å². The van der Waals surface area contributed by atoms with Crippen molar-refractivity contribution in [2.24, 2.45) is 5.41 Å². The number of aromatic nitrogens is 2. The summed E-state index contributed by atoms with van der Waals surface area (Å²) in [5.41, 5.74) is 0.933. The molecule has 0 spiro atoms. The van der Waals surface area contributed by atoms with Gasteiger partial charge in [-0.3, -0.25) is 14.8 Å². The molecule has 35 heavy (non-hydrogen) atoms. The Morgan fingerprint density at radius 1 is 1.14 bits per heavy atom. The lowest BCUT2D eigenvalue weighted by Crippen LogP contribution is -2.54. The molecule has 2 N–H and O–H groups in total. The summed E-state index contributed by atoms with van der Waals surface area (Å²) < 4.78 is 1.93. The topological polar surface area (TPSA) is 117 Å². The number of fused-ring (bicyclic) bond motifs is 1. The summed E-state index contributed by atoms with van der Waals surface area (Å²) >= 11 is 0. The van der Waals surface area contributed by atoms with Crippen molar-refractivity contribution in [1.82, 2.24) is 19.6 Å². The third-order valence-electron chi connectivity index (χ3n) is 7.42. The zero-order valence-corrected chi connectivity index (χ0v) is 21.1. The monoisotopic (exact) mass is 486 g/mol. The first kappa shape index (κ1) is 25.2. The normalized spacial score (nSPS) is 22.2. The molecule has 0 bridgehead atoms. The summed E-state index contributed by atoms with van der Waals surface area (Å²) in [7, 11) is 0. The van der Waals surface area contributed by atoms with E-state index in [0.29, 0.717) is 17.6 Å². The number of carboxylic acid groups (broad SMARTS) is 1. The lowest BCUT2D eigenvalue weighted by atomic mass is 9.80. The van der Waals surface area contributed by atoms with Gasteiger partial charge in [-0.2, -0.15) is 5.10 Å². The van der Waals surface area contributed by atoms with Gasteiger partial charge in [0.2, 0.25) is 0 Å². The number of nitro benzene ring substituents is 1. The summed E-state index contributed by atoms with van der Waals surface area (Å²) in [6.45, 7) is 10.4. The maximum atomic E-state index is 12.1. The predicted octanol–water partition coefficient (Wildman–Crippen LogP) is 4.79. The summed E-state index contributed by atoms with van der Waals surface area (Å²) in [6.07, 6.45) is 6.87. The van der Waals surface area contributed by atoms with Crippen LogP contribution >= 0.6 is 0 Å². The minimum Gasteiger partial charge on any atom is -0.465 e. The second kappa shape index (κ2) is 10.4. The highest BCUT2D eigenvalue weighted by Crippen LogP contribution is 2.38. The van der Waals surface area contributed by atoms with Gasteiger partial charge in [0.15, 0.2) is 0 Å². The Kier molecular flexibility index (Phi) is 7.49. The van der Waals surface area contributed by atoms with Gasteiger partial charge in [-0.1, -0.05) is 27.2 Å². The van der Waals surface area contributed by atoms with Gasteiger partial charge in [0.05, 0.1) is 34.6 Å². The fraction of sp³-hybridized carbons (Fsp3) is 0.680. The third-order valence-corrected chi connectivity index (χ3v) is 7.42. The number of rotatable bonds is 6. The van der Waals surface area contributed by atoms with Crippen LogP contribution in [0.15, 0.2) is 18.3 Å². The molecule has 4 rings (SSSR count). The van der Waals surface area contributed by atoms with Crippen molar-refractivity contribution in [3.8, 4) is 0 Å². The first-order valence-corrected chi connectivity index (χ1v) is 12.8. The van der Waals surface area contributed by atoms with Crippen LogP contribution in [0.4, 0.5) is 16.2 Å². The fourth-order valence-electron chi connectivity index (χ4n) is 5.83. The molecule has 3 heterocycles. The lowest BCUT2D eigenvalue weighted by Gasteiger charge is -2.42. The Morgan fingerprint density at radius 3 is 2.51 bits per heavy atom. The van der Waals surface area contributed by atoms with E-state index in [-0.39, 0.29) is 28.1 Å². The minimum atomic E-state index is -0.947. The molecular formula is C25H38N6O4. The molecule has 10 nitrogen and oxygen atoms in total. The zero-order valence-electron chi connectivity index (χ0n) is 21.1. The highest BCUT2D eigenvalue weighted by atomic mass is 16.6. The standard InChI is InChI=1S/C25H38N6O4/c1-25(2,3)23-19(9-5-8-14-29(23)24(32)33)27-22-18-17-26-30(16-15-28-12-6-4-7-13-28)20(18)10-11-21(22)31(34)35/h10-11,17,19,23,27H,4-9,12-16H2,1-3H3,(H,32,33)/t19?,23-/m0/s1. The maximum Gasteiger partial charge on any atom is 0.407 e. The number of carbonyl (C=O) groups is 1. The van der Waals surface area contributed by atoms with E-state index in [2.05, 4.69) is 15.3 Å². The Labute approximate surface area is 206 Å². The second-order valence-electron chi connectivity index (χ2n) is 11.0. The van der Waals surface area contributed by atoms with Crippen molar-refractivity contribution in [1.29, 1.82) is 0 Å². The van der Waals surface area contributed by atoms with Crippen LogP contribution in [0.3, 0.4) is 0 Å². The van der Waals surface area contributed by atoms with Crippen LogP contribution in [0.2, 0.25) is 0 Å². The number of hydrogen-bond donors (Lipinski definition) is 2. The van der Waals surface area contributed by atoms with Crippen LogP contribution in [0.25, 0.3) is 10.9 Å². The van der Waals surface area contributed by atoms with E-state index >= 15 is 0 Å². The van der Waals surface area contributed by atoms with Crippen molar-refractivity contribution in [3.63, 3.8) is 0 Å². The average Bonchev–Trinajstić information content (AvgIpc) is 3.09. The van der Waals surface area contributed by atoms with Crippen molar-refractivity contribution in [3.05, 3.63) is 28.4 Å². The Hall–Kier alpha value is -2.88. The quantitative estimate of drug-likeness (QED) is 0.445. The molecule has 2 saturated heterocycles. The number of hydrogen-bond acceptors (Lipinski definition) is 6. The van der Waals surface area contributed by atoms with Gasteiger partial charge in [0, 0.05) is 25.2 Å². The van der Waals surface area contributed by atoms with Gasteiger partial charge in [0.25, 0.3) is 5.69 Å². The molecule has 2 aliphatic rings. The zero-order chi connectivity index (χ0) is 25.2. The lowest BCUT2D eigenvalue weighted by molar-refractivity contribution is -0.383. The number of benzene rings is 1. The van der Waals surface area contributed by atoms with E-state index in [1.54, 1.807) is 18.3 Å². The summed E-state index contributed by atoms with van der Waals surface area (Å²) in [5.74, 6) is 0. The van der Waals surface area contributed by atoms with Gasteiger partial charge >= 0.3 is 6.09 Å². The summed E-state index contributed by atoms with van der Waals surface area (Å²) in [6, 6.07) is 2.74. The molecule has 2 aliphatic heterocycles. The predicted molar refractivity (Wildman–Crippen MR) is 136 cm³/mol. The van der Waals surface area contributed by atoms with E-state index in [1.165, 1.54) is 24.2 Å². The smallest absolute Gasteiger partial charge is 0.407 e. The Morgan fingerprint density at radius 2 is 1.86 bits per heavy atom. The average molecular weight is 487 g/mol. The Balaban J connectivity index is 1.68. The van der Waals surface area contributed by atoms with E-state index in [1.807, 2.05) is 25.5 Å². The Bertz CT molecular complexity index is 1060. The maximum absolute atomic E-state index is 12.1. The molecule has 1 aromatic heterocycles. The van der Waals surface area contributed by atoms with Crippen molar-refractivity contribution < 1.29 is 14.8 Å². The van der Waals surface area contributed by atoms with Gasteiger partial charge < -0.3 is 20.2 Å². The van der Waals surface area contributed by atoms with E-state index in [4.69, 9.17) is 0 Å². The van der Waals surface area contributed by atoms with E-state index in [0.717, 1.165) is 51.0 Å². The van der Waals surface area contributed by atoms with E-state index in [9.17, 15) is 20.0 Å². The fourth-order valence-corrected chi connectivity index (χ4v) is 5.83. The highest BCUT2D eigenvalue weighted by Gasteiger charge is 2.41. The number of nitro groups is 1. The molecule has 10 heteroatoms. The van der Waals surface area contributed by atoms with Crippen LogP contribution in [0.1, 0.15) is 59.3 Å². The molecule has 0 aliphatic carbocycles. The molecule has 2 aromatic rings. The first-order chi connectivity index (χ1) is 16.7. The van der Waals surface area contributed by atoms with Crippen molar-refractivity contribution >= 4 is 28.4 Å². The molecule has 192 valence electrons.